The van der Waals surface area contributed by atoms with E-state index in [9.17, 15) is 0 Å². The highest BCUT2D eigenvalue weighted by Gasteiger charge is 2.05. The van der Waals surface area contributed by atoms with Crippen molar-refractivity contribution in [3.8, 4) is 0 Å². The predicted octanol–water partition coefficient (Wildman–Crippen LogP) is 2.09. The Hall–Kier alpha value is -1.27. The number of thiazole rings is 1. The zero-order valence-electron chi connectivity index (χ0n) is 11.8. The standard InChI is InChI=1S/C13H21N5S/c1-4-13-15-12(9-19-13)8-18-7-11(16-17-18)6-14-5-10(2)3/h7,9-10,14H,4-6,8H2,1-3H3. The van der Waals surface area contributed by atoms with Crippen LogP contribution < -0.4 is 5.32 Å². The lowest BCUT2D eigenvalue weighted by Gasteiger charge is -2.04. The molecular formula is C13H21N5S. The Balaban J connectivity index is 1.86. The van der Waals surface area contributed by atoms with Crippen LogP contribution in [0.4, 0.5) is 0 Å². The SMILES string of the molecule is CCc1nc(Cn2cc(CNCC(C)C)nn2)cs1. The van der Waals surface area contributed by atoms with Crippen molar-refractivity contribution < 1.29 is 0 Å². The van der Waals surface area contributed by atoms with Crippen molar-refractivity contribution in [2.45, 2.75) is 40.3 Å². The van der Waals surface area contributed by atoms with Gasteiger partial charge in [0.05, 0.1) is 29.1 Å². The van der Waals surface area contributed by atoms with Crippen molar-refractivity contribution in [3.05, 3.63) is 28.0 Å². The van der Waals surface area contributed by atoms with Gasteiger partial charge in [0.15, 0.2) is 0 Å². The fourth-order valence-corrected chi connectivity index (χ4v) is 2.47. The average Bonchev–Trinajstić information content (AvgIpc) is 2.99. The molecule has 0 radical (unpaired) electrons. The van der Waals surface area contributed by atoms with Crippen molar-refractivity contribution in [2.24, 2.45) is 5.92 Å². The lowest BCUT2D eigenvalue weighted by Crippen LogP contribution is -2.19. The molecule has 0 amide bonds. The number of aryl methyl sites for hydroxylation is 1. The van der Waals surface area contributed by atoms with Crippen molar-refractivity contribution in [3.63, 3.8) is 0 Å². The summed E-state index contributed by atoms with van der Waals surface area (Å²) in [6.07, 6.45) is 2.98. The third kappa shape index (κ3) is 4.40. The summed E-state index contributed by atoms with van der Waals surface area (Å²) >= 11 is 1.71. The molecule has 6 heteroatoms. The van der Waals surface area contributed by atoms with E-state index in [2.05, 4.69) is 46.8 Å². The van der Waals surface area contributed by atoms with E-state index >= 15 is 0 Å². The number of hydrogen-bond acceptors (Lipinski definition) is 5. The molecule has 0 aliphatic rings. The zero-order valence-corrected chi connectivity index (χ0v) is 12.6. The molecule has 0 bridgehead atoms. The Morgan fingerprint density at radius 2 is 2.21 bits per heavy atom. The van der Waals surface area contributed by atoms with Crippen LogP contribution in [0.5, 0.6) is 0 Å². The van der Waals surface area contributed by atoms with Gasteiger partial charge in [-0.25, -0.2) is 9.67 Å². The Morgan fingerprint density at radius 1 is 1.37 bits per heavy atom. The minimum absolute atomic E-state index is 0.650. The van der Waals surface area contributed by atoms with E-state index < -0.39 is 0 Å². The monoisotopic (exact) mass is 279 g/mol. The molecule has 0 spiro atoms. The van der Waals surface area contributed by atoms with Gasteiger partial charge >= 0.3 is 0 Å². The molecule has 2 heterocycles. The van der Waals surface area contributed by atoms with Gasteiger partial charge in [0, 0.05) is 11.9 Å². The van der Waals surface area contributed by atoms with Crippen LogP contribution in [0.3, 0.4) is 0 Å². The molecule has 0 unspecified atom stereocenters. The number of nitrogens with zero attached hydrogens (tertiary/aromatic N) is 4. The van der Waals surface area contributed by atoms with Gasteiger partial charge in [-0.05, 0) is 18.9 Å². The van der Waals surface area contributed by atoms with E-state index in [1.807, 2.05) is 10.9 Å². The first kappa shape index (κ1) is 14.1. The lowest BCUT2D eigenvalue weighted by molar-refractivity contribution is 0.548. The van der Waals surface area contributed by atoms with E-state index in [0.29, 0.717) is 12.5 Å². The quantitative estimate of drug-likeness (QED) is 0.843. The first-order chi connectivity index (χ1) is 9.17. The molecule has 2 aromatic rings. The summed E-state index contributed by atoms with van der Waals surface area (Å²) in [6, 6.07) is 0. The maximum atomic E-state index is 4.53. The normalized spacial score (nSPS) is 11.4. The van der Waals surface area contributed by atoms with Crippen LogP contribution in [-0.4, -0.2) is 26.5 Å². The smallest absolute Gasteiger partial charge is 0.0964 e. The largest absolute Gasteiger partial charge is 0.311 e. The topological polar surface area (TPSA) is 55.6 Å². The van der Waals surface area contributed by atoms with Crippen LogP contribution in [0.15, 0.2) is 11.6 Å². The molecule has 0 aliphatic heterocycles. The van der Waals surface area contributed by atoms with E-state index in [0.717, 1.165) is 30.9 Å². The molecule has 0 aliphatic carbocycles. The van der Waals surface area contributed by atoms with Crippen LogP contribution in [0.2, 0.25) is 0 Å². The highest BCUT2D eigenvalue weighted by Crippen LogP contribution is 2.11. The first-order valence-corrected chi connectivity index (χ1v) is 7.58. The van der Waals surface area contributed by atoms with Crippen LogP contribution in [0.1, 0.15) is 37.2 Å². The first-order valence-electron chi connectivity index (χ1n) is 6.70. The molecular weight excluding hydrogens is 258 g/mol. The maximum Gasteiger partial charge on any atom is 0.0964 e. The van der Waals surface area contributed by atoms with E-state index in [4.69, 9.17) is 0 Å². The second-order valence-corrected chi connectivity index (χ2v) is 5.96. The molecule has 1 N–H and O–H groups in total. The second-order valence-electron chi connectivity index (χ2n) is 5.02. The van der Waals surface area contributed by atoms with Crippen molar-refractivity contribution in [1.29, 1.82) is 0 Å². The average molecular weight is 279 g/mol. The summed E-state index contributed by atoms with van der Waals surface area (Å²) in [4.78, 5) is 4.53. The van der Waals surface area contributed by atoms with Gasteiger partial charge in [-0.3, -0.25) is 0 Å². The fraction of sp³-hybridized carbons (Fsp3) is 0.615. The Labute approximate surface area is 118 Å². The molecule has 0 fully saturated rings. The van der Waals surface area contributed by atoms with Crippen LogP contribution in [0.25, 0.3) is 0 Å². The van der Waals surface area contributed by atoms with Gasteiger partial charge in [-0.2, -0.15) is 0 Å². The minimum atomic E-state index is 0.650. The number of hydrogen-bond donors (Lipinski definition) is 1. The van der Waals surface area contributed by atoms with E-state index in [1.165, 1.54) is 5.01 Å². The third-order valence-corrected chi connectivity index (χ3v) is 3.71. The Morgan fingerprint density at radius 3 is 2.89 bits per heavy atom. The molecule has 0 saturated heterocycles. The van der Waals surface area contributed by atoms with E-state index in [-0.39, 0.29) is 0 Å². The third-order valence-electron chi connectivity index (χ3n) is 2.67. The summed E-state index contributed by atoms with van der Waals surface area (Å²) in [7, 11) is 0. The Bertz CT molecular complexity index is 503. The van der Waals surface area contributed by atoms with Gasteiger partial charge in [0.1, 0.15) is 0 Å². The van der Waals surface area contributed by atoms with Gasteiger partial charge < -0.3 is 5.32 Å². The fourth-order valence-electron chi connectivity index (χ4n) is 1.74. The Kier molecular flexibility index (Phi) is 5.04. The van der Waals surface area contributed by atoms with Gasteiger partial charge in [0.25, 0.3) is 0 Å². The van der Waals surface area contributed by atoms with Crippen molar-refractivity contribution in [1.82, 2.24) is 25.3 Å². The molecule has 2 rings (SSSR count). The maximum absolute atomic E-state index is 4.53. The summed E-state index contributed by atoms with van der Waals surface area (Å²) in [5, 5.41) is 14.9. The predicted molar refractivity (Wildman–Crippen MR) is 77.2 cm³/mol. The zero-order chi connectivity index (χ0) is 13.7. The van der Waals surface area contributed by atoms with Crippen LogP contribution in [-0.2, 0) is 19.5 Å². The molecule has 2 aromatic heterocycles. The molecule has 0 saturated carbocycles. The van der Waals surface area contributed by atoms with Gasteiger partial charge in [-0.1, -0.05) is 26.0 Å². The molecule has 104 valence electrons. The number of rotatable bonds is 7. The van der Waals surface area contributed by atoms with Crippen LogP contribution in [0, 0.1) is 5.92 Å². The highest BCUT2D eigenvalue weighted by atomic mass is 32.1. The second kappa shape index (κ2) is 6.77. The summed E-state index contributed by atoms with van der Waals surface area (Å²) < 4.78 is 1.85. The molecule has 5 nitrogen and oxygen atoms in total. The lowest BCUT2D eigenvalue weighted by atomic mass is 10.2. The van der Waals surface area contributed by atoms with Gasteiger partial charge in [0.2, 0.25) is 0 Å². The molecule has 0 aromatic carbocycles. The van der Waals surface area contributed by atoms with E-state index in [1.54, 1.807) is 11.3 Å². The molecule has 19 heavy (non-hydrogen) atoms. The van der Waals surface area contributed by atoms with Crippen LogP contribution >= 0.6 is 11.3 Å². The number of aromatic nitrogens is 4. The summed E-state index contributed by atoms with van der Waals surface area (Å²) in [5.74, 6) is 0.650. The van der Waals surface area contributed by atoms with Crippen molar-refractivity contribution in [2.75, 3.05) is 6.54 Å². The van der Waals surface area contributed by atoms with Crippen molar-refractivity contribution >= 4 is 11.3 Å². The minimum Gasteiger partial charge on any atom is -0.311 e. The summed E-state index contributed by atoms with van der Waals surface area (Å²) in [6.45, 7) is 8.98. The molecule has 0 atom stereocenters. The summed E-state index contributed by atoms with van der Waals surface area (Å²) in [5.41, 5.74) is 2.04. The van der Waals surface area contributed by atoms with Gasteiger partial charge in [-0.15, -0.1) is 16.4 Å². The number of nitrogens with one attached hydrogen (secondary N) is 1. The highest BCUT2D eigenvalue weighted by molar-refractivity contribution is 7.09.